The van der Waals surface area contributed by atoms with Crippen molar-refractivity contribution in [3.05, 3.63) is 137 Å². The van der Waals surface area contributed by atoms with Crippen molar-refractivity contribution in [3.8, 4) is 23.4 Å². The van der Waals surface area contributed by atoms with E-state index in [0.29, 0.717) is 30.2 Å². The van der Waals surface area contributed by atoms with Gasteiger partial charge in [0, 0.05) is 24.6 Å². The van der Waals surface area contributed by atoms with E-state index in [1.807, 2.05) is 92.0 Å². The molecule has 1 saturated heterocycles. The Morgan fingerprint density at radius 1 is 0.919 bits per heavy atom. The molecule has 8 rings (SSSR count). The van der Waals surface area contributed by atoms with Gasteiger partial charge in [0.25, 0.3) is 5.56 Å². The van der Waals surface area contributed by atoms with Gasteiger partial charge in [0.05, 0.1) is 65.3 Å². The summed E-state index contributed by atoms with van der Waals surface area (Å²) >= 11 is 6.28. The van der Waals surface area contributed by atoms with Crippen LogP contribution in [0, 0.1) is 17.2 Å². The quantitative estimate of drug-likeness (QED) is 0.0265. The summed E-state index contributed by atoms with van der Waals surface area (Å²) in [5.41, 5.74) is 1.02. The van der Waals surface area contributed by atoms with E-state index in [2.05, 4.69) is 51.8 Å². The highest BCUT2D eigenvalue weighted by molar-refractivity contribution is 8.07. The van der Waals surface area contributed by atoms with E-state index >= 15 is 0 Å². The maximum absolute atomic E-state index is 12.8. The first-order valence-corrected chi connectivity index (χ1v) is 30.7. The van der Waals surface area contributed by atoms with Crippen molar-refractivity contribution in [2.75, 3.05) is 34.0 Å². The van der Waals surface area contributed by atoms with Gasteiger partial charge in [-0.3, -0.25) is 18.5 Å². The highest BCUT2D eigenvalue weighted by Crippen LogP contribution is 2.56. The first-order valence-electron chi connectivity index (χ1n) is 24.0. The molecule has 0 amide bonds. The summed E-state index contributed by atoms with van der Waals surface area (Å²) in [6, 6.07) is 29.2. The number of H-pyrrole nitrogens is 1. The third kappa shape index (κ3) is 12.4. The Hall–Kier alpha value is -5.24. The fourth-order valence-corrected chi connectivity index (χ4v) is 12.9. The van der Waals surface area contributed by atoms with Crippen LogP contribution in [0.5, 0.6) is 17.4 Å². The lowest BCUT2D eigenvalue weighted by molar-refractivity contribution is -0.0513. The zero-order valence-corrected chi connectivity index (χ0v) is 45.8. The molecule has 1 saturated carbocycles. The topological polar surface area (TPSA) is 243 Å². The summed E-state index contributed by atoms with van der Waals surface area (Å²) in [5.74, 6) is 1.32. The molecule has 394 valence electrons. The number of aromatic nitrogens is 6. The second kappa shape index (κ2) is 23.7. The highest BCUT2D eigenvalue weighted by atomic mass is 32.5. The monoisotopic (exact) mass is 1090 g/mol. The van der Waals surface area contributed by atoms with E-state index in [-0.39, 0.29) is 42.4 Å². The molecule has 3 aromatic heterocycles. The molecule has 0 bridgehead atoms. The molecule has 2 N–H and O–H groups in total. The van der Waals surface area contributed by atoms with E-state index in [9.17, 15) is 19.5 Å². The molecule has 2 aliphatic rings. The number of nitrogens with one attached hydrogen (secondary N) is 1. The molecule has 4 heterocycles. The molecule has 1 aliphatic carbocycles. The first-order chi connectivity index (χ1) is 35.5. The van der Waals surface area contributed by atoms with Crippen molar-refractivity contribution in [1.29, 1.82) is 5.26 Å². The van der Waals surface area contributed by atoms with E-state index in [1.165, 1.54) is 23.5 Å². The minimum Gasteiger partial charge on any atom is -0.497 e. The van der Waals surface area contributed by atoms with Crippen LogP contribution in [-0.4, -0.2) is 107 Å². The highest BCUT2D eigenvalue weighted by Gasteiger charge is 2.53. The van der Waals surface area contributed by atoms with Crippen LogP contribution in [0.1, 0.15) is 63.0 Å². The molecular weight excluding hydrogens is 1030 g/mol. The minimum atomic E-state index is -3.87. The van der Waals surface area contributed by atoms with Gasteiger partial charge >= 0.3 is 15.0 Å². The minimum absolute atomic E-state index is 0.0222. The van der Waals surface area contributed by atoms with Crippen molar-refractivity contribution >= 4 is 46.3 Å². The van der Waals surface area contributed by atoms with Gasteiger partial charge in [-0.2, -0.15) is 5.26 Å². The molecule has 74 heavy (non-hydrogen) atoms. The lowest BCUT2D eigenvalue weighted by Crippen LogP contribution is -2.50. The number of nitriles is 1. The van der Waals surface area contributed by atoms with Gasteiger partial charge in [-0.15, -0.1) is 0 Å². The number of ether oxygens (including phenoxy) is 5. The molecule has 24 heteroatoms. The average molecular weight is 1090 g/mol. The van der Waals surface area contributed by atoms with Gasteiger partial charge in [0.15, 0.2) is 25.7 Å². The molecule has 0 radical (unpaired) electrons. The molecule has 9 atom stereocenters. The maximum Gasteiger partial charge on any atom is 0.327 e. The van der Waals surface area contributed by atoms with E-state index in [0.717, 1.165) is 16.7 Å². The van der Waals surface area contributed by atoms with Crippen LogP contribution in [0.2, 0.25) is 18.1 Å². The molecule has 2 fully saturated rings. The number of methoxy groups -OCH3 is 2. The summed E-state index contributed by atoms with van der Waals surface area (Å²) in [4.78, 5) is 42.6. The second-order valence-electron chi connectivity index (χ2n) is 19.3. The van der Waals surface area contributed by atoms with Crippen LogP contribution in [-0.2, 0) is 54.0 Å². The number of fused-ring (bicyclic) bond motifs is 1. The Kier molecular flexibility index (Phi) is 17.7. The molecule has 1 aliphatic heterocycles. The second-order valence-corrected chi connectivity index (χ2v) is 27.8. The Balaban J connectivity index is 1.15. The Labute approximate surface area is 435 Å². The van der Waals surface area contributed by atoms with Crippen LogP contribution >= 0.6 is 15.0 Å². The average Bonchev–Trinajstić information content (AvgIpc) is 4.09. The summed E-state index contributed by atoms with van der Waals surface area (Å²) in [6.07, 6.45) is 0.719. The SMILES string of the molecule is COc1ccc(C(OC[C@H]2C[C@@H](Oc3ccncn3)C[C@@H]2O[P@@](=S)(OCCC#N)OC[C@H]2O[C@@H](n3cnc4c(=O)[nH]cnc43)[C@H](O[PH](=O)O)[C@@H]2O[Si](C)(C)C(C)(C)C)(c2ccccc2)c2ccc(OC)cc2)cc1. The van der Waals surface area contributed by atoms with E-state index < -0.39 is 77.1 Å². The van der Waals surface area contributed by atoms with Crippen LogP contribution in [0.4, 0.5) is 0 Å². The number of nitrogens with zero attached hydrogens (tertiary/aromatic N) is 6. The van der Waals surface area contributed by atoms with Gasteiger partial charge in [-0.05, 0) is 77.3 Å². The zero-order chi connectivity index (χ0) is 52.7. The van der Waals surface area contributed by atoms with Crippen LogP contribution in [0.15, 0.2) is 115 Å². The van der Waals surface area contributed by atoms with Gasteiger partial charge < -0.3 is 51.6 Å². The third-order valence-electron chi connectivity index (χ3n) is 13.6. The van der Waals surface area contributed by atoms with E-state index in [1.54, 1.807) is 26.5 Å². The number of benzene rings is 3. The van der Waals surface area contributed by atoms with Gasteiger partial charge in [0.1, 0.15) is 47.8 Å². The number of imidazole rings is 1. The summed E-state index contributed by atoms with van der Waals surface area (Å²) in [5, 5.41) is 9.33. The fraction of sp³-hybridized carbons (Fsp3) is 0.440. The first kappa shape index (κ1) is 55.0. The molecule has 1 unspecified atom stereocenters. The molecule has 20 nitrogen and oxygen atoms in total. The summed E-state index contributed by atoms with van der Waals surface area (Å²) in [6.45, 7) is 6.04. The normalized spacial score (nSPS) is 22.5. The molecular formula is C50H61N7O13P2SSi. The summed E-state index contributed by atoms with van der Waals surface area (Å²) < 4.78 is 78.5. The predicted molar refractivity (Wildman–Crippen MR) is 279 cm³/mol. The zero-order valence-electron chi connectivity index (χ0n) is 42.1. The smallest absolute Gasteiger partial charge is 0.327 e. The van der Waals surface area contributed by atoms with Gasteiger partial charge in [0.2, 0.25) is 5.88 Å². The summed E-state index contributed by atoms with van der Waals surface area (Å²) in [7, 11) is -3.11. The standard InChI is InChI=1S/C50H61N7O13P2SSi/c1-49(2,3)74(6,7)70-44-41(67-48(45(44)68-71(59)60)57-32-56-43-46(57)54-31-55-47(43)58)29-65-72(73,64-25-11-23-51)69-40-27-39(66-42-22-24-52-30-53-42)26-33(40)28-63-50(34-12-9-8-10-13-34,35-14-18-37(61-4)19-15-35)36-16-20-38(62-5)21-17-36/h8-10,12-22,24,30-33,39-41,44-45,48,71H,11,25-29H2,1-7H3,(H,59,60)(H,54,55,58)/t33-,39-,40+,41-,44-,45-,48-,72-/m1/s1. The van der Waals surface area contributed by atoms with Gasteiger partial charge in [-0.25, -0.2) is 19.9 Å². The molecule has 6 aromatic rings. The van der Waals surface area contributed by atoms with Crippen molar-refractivity contribution in [1.82, 2.24) is 29.5 Å². The van der Waals surface area contributed by atoms with Crippen LogP contribution in [0.25, 0.3) is 11.2 Å². The van der Waals surface area contributed by atoms with Crippen LogP contribution in [0.3, 0.4) is 0 Å². The third-order valence-corrected chi connectivity index (χ3v) is 21.0. The molecule has 0 spiro atoms. The van der Waals surface area contributed by atoms with Crippen LogP contribution < -0.4 is 19.8 Å². The lowest BCUT2D eigenvalue weighted by Gasteiger charge is -2.40. The largest absolute Gasteiger partial charge is 0.497 e. The van der Waals surface area contributed by atoms with Crippen molar-refractivity contribution in [2.45, 2.75) is 101 Å². The predicted octanol–water partition coefficient (Wildman–Crippen LogP) is 8.40. The molecule has 3 aromatic carbocycles. The van der Waals surface area contributed by atoms with Gasteiger partial charge in [-0.1, -0.05) is 75.4 Å². The van der Waals surface area contributed by atoms with Crippen molar-refractivity contribution < 1.29 is 55.7 Å². The van der Waals surface area contributed by atoms with E-state index in [4.69, 9.17) is 58.0 Å². The van der Waals surface area contributed by atoms with Crippen molar-refractivity contribution in [3.63, 3.8) is 0 Å². The fourth-order valence-electron chi connectivity index (χ4n) is 8.91. The number of rotatable bonds is 23. The number of hydrogen-bond acceptors (Lipinski definition) is 18. The Morgan fingerprint density at radius 2 is 1.59 bits per heavy atom. The Morgan fingerprint density at radius 3 is 2.20 bits per heavy atom. The Bertz CT molecular complexity index is 2940. The maximum atomic E-state index is 12.8. The van der Waals surface area contributed by atoms with Crippen molar-refractivity contribution in [2.24, 2.45) is 5.92 Å². The number of aromatic amines is 1. The number of hydrogen-bond donors (Lipinski definition) is 2. The lowest BCUT2D eigenvalue weighted by atomic mass is 9.80.